The van der Waals surface area contributed by atoms with Crippen molar-refractivity contribution in [2.24, 2.45) is 7.05 Å². The van der Waals surface area contributed by atoms with E-state index < -0.39 is 11.8 Å². The summed E-state index contributed by atoms with van der Waals surface area (Å²) in [7, 11) is 1.72. The van der Waals surface area contributed by atoms with Crippen LogP contribution >= 0.6 is 15.9 Å². The highest BCUT2D eigenvalue weighted by atomic mass is 79.9. The summed E-state index contributed by atoms with van der Waals surface area (Å²) in [6.07, 6.45) is 3.29. The Bertz CT molecular complexity index is 948. The fourth-order valence-corrected chi connectivity index (χ4v) is 2.90. The number of halogens is 1. The van der Waals surface area contributed by atoms with Gasteiger partial charge >= 0.3 is 0 Å². The average Bonchev–Trinajstić information content (AvgIpc) is 3.18. The van der Waals surface area contributed by atoms with Gasteiger partial charge in [0.25, 0.3) is 11.8 Å². The minimum absolute atomic E-state index is 0.135. The number of hydrogen-bond donors (Lipinski definition) is 2. The quantitative estimate of drug-likeness (QED) is 0.668. The molecule has 0 bridgehead atoms. The lowest BCUT2D eigenvalue weighted by Crippen LogP contribution is -2.18. The Balaban J connectivity index is 1.85. The smallest absolute Gasteiger partial charge is 0.278 e. The maximum absolute atomic E-state index is 12.6. The topological polar surface area (TPSA) is 93.8 Å². The van der Waals surface area contributed by atoms with Gasteiger partial charge in [0, 0.05) is 31.7 Å². The normalized spacial score (nSPS) is 10.6. The number of nitrogens with zero attached hydrogens (tertiary/aromatic N) is 4. The number of carbonyl (C=O) groups is 2. The second-order valence-electron chi connectivity index (χ2n) is 5.52. The summed E-state index contributed by atoms with van der Waals surface area (Å²) in [5.74, 6) is -0.833. The van der Waals surface area contributed by atoms with Crippen molar-refractivity contribution in [3.8, 4) is 0 Å². The summed E-state index contributed by atoms with van der Waals surface area (Å²) >= 11 is 3.30. The van der Waals surface area contributed by atoms with Crippen LogP contribution in [0.4, 0.5) is 11.4 Å². The fourth-order valence-electron chi connectivity index (χ4n) is 2.35. The first-order valence-corrected chi connectivity index (χ1v) is 8.71. The molecule has 26 heavy (non-hydrogen) atoms. The van der Waals surface area contributed by atoms with E-state index >= 15 is 0 Å². The van der Waals surface area contributed by atoms with Gasteiger partial charge in [-0.25, -0.2) is 0 Å². The van der Waals surface area contributed by atoms with Gasteiger partial charge in [-0.3, -0.25) is 19.0 Å². The first-order chi connectivity index (χ1) is 12.5. The van der Waals surface area contributed by atoms with Crippen molar-refractivity contribution in [2.75, 3.05) is 10.6 Å². The van der Waals surface area contributed by atoms with Crippen LogP contribution < -0.4 is 10.6 Å². The molecular formula is C17H17BrN6O2. The van der Waals surface area contributed by atoms with Gasteiger partial charge < -0.3 is 10.6 Å². The number of aryl methyl sites for hydroxylation is 2. The molecule has 0 aliphatic carbocycles. The van der Waals surface area contributed by atoms with Crippen LogP contribution in [-0.4, -0.2) is 31.4 Å². The van der Waals surface area contributed by atoms with Gasteiger partial charge in [0.1, 0.15) is 0 Å². The predicted octanol–water partition coefficient (Wildman–Crippen LogP) is 2.90. The number of aromatic nitrogens is 4. The van der Waals surface area contributed by atoms with E-state index in [1.165, 1.54) is 4.68 Å². The zero-order valence-electron chi connectivity index (χ0n) is 14.2. The van der Waals surface area contributed by atoms with E-state index in [0.29, 0.717) is 22.4 Å². The molecule has 2 N–H and O–H groups in total. The molecule has 0 radical (unpaired) electrons. The third-order valence-electron chi connectivity index (χ3n) is 3.58. The molecule has 2 heterocycles. The number of benzene rings is 1. The van der Waals surface area contributed by atoms with Crippen molar-refractivity contribution >= 4 is 39.1 Å². The Hall–Kier alpha value is -2.94. The van der Waals surface area contributed by atoms with Crippen LogP contribution in [0.15, 0.2) is 47.2 Å². The minimum atomic E-state index is -0.429. The van der Waals surface area contributed by atoms with E-state index in [9.17, 15) is 9.59 Å². The molecule has 3 aromatic rings. The maximum Gasteiger partial charge on any atom is 0.278 e. The van der Waals surface area contributed by atoms with Crippen molar-refractivity contribution in [2.45, 2.75) is 13.5 Å². The lowest BCUT2D eigenvalue weighted by atomic mass is 10.3. The highest BCUT2D eigenvalue weighted by Crippen LogP contribution is 2.20. The standard InChI is InChI=1S/C17H17BrN6O2/c1-3-24-10-13(20-16(25)14-12(18)9-23(2)21-14)15(22-24)17(26)19-11-7-5-4-6-8-11/h4-10H,3H2,1-2H3,(H,19,26)(H,20,25). The number of anilines is 2. The Morgan fingerprint density at radius 1 is 1.04 bits per heavy atom. The molecule has 0 saturated heterocycles. The lowest BCUT2D eigenvalue weighted by molar-refractivity contribution is 0.102. The molecule has 0 aliphatic heterocycles. The van der Waals surface area contributed by atoms with Crippen LogP contribution in [0.25, 0.3) is 0 Å². The van der Waals surface area contributed by atoms with Gasteiger partial charge in [-0.05, 0) is 35.0 Å². The van der Waals surface area contributed by atoms with E-state index in [-0.39, 0.29) is 11.4 Å². The first-order valence-electron chi connectivity index (χ1n) is 7.92. The number of amides is 2. The SMILES string of the molecule is CCn1cc(NC(=O)c2nn(C)cc2Br)c(C(=O)Nc2ccccc2)n1. The van der Waals surface area contributed by atoms with Crippen LogP contribution in [0.2, 0.25) is 0 Å². The second kappa shape index (κ2) is 7.52. The molecule has 0 aliphatic rings. The van der Waals surface area contributed by atoms with Crippen LogP contribution in [0.5, 0.6) is 0 Å². The van der Waals surface area contributed by atoms with Crippen molar-refractivity contribution in [3.05, 3.63) is 58.6 Å². The molecule has 2 aromatic heterocycles. The van der Waals surface area contributed by atoms with Gasteiger partial charge in [0.2, 0.25) is 0 Å². The maximum atomic E-state index is 12.6. The molecule has 0 atom stereocenters. The van der Waals surface area contributed by atoms with E-state index in [4.69, 9.17) is 0 Å². The molecule has 0 saturated carbocycles. The van der Waals surface area contributed by atoms with Gasteiger partial charge in [0.15, 0.2) is 11.4 Å². The van der Waals surface area contributed by atoms with Gasteiger partial charge in [-0.1, -0.05) is 18.2 Å². The number of rotatable bonds is 5. The lowest BCUT2D eigenvalue weighted by Gasteiger charge is -2.06. The van der Waals surface area contributed by atoms with E-state index in [1.807, 2.05) is 25.1 Å². The number of carbonyl (C=O) groups excluding carboxylic acids is 2. The molecule has 3 rings (SSSR count). The Morgan fingerprint density at radius 2 is 1.73 bits per heavy atom. The van der Waals surface area contributed by atoms with Crippen molar-refractivity contribution in [1.29, 1.82) is 0 Å². The van der Waals surface area contributed by atoms with E-state index in [2.05, 4.69) is 36.8 Å². The summed E-state index contributed by atoms with van der Waals surface area (Å²) in [5, 5.41) is 13.8. The summed E-state index contributed by atoms with van der Waals surface area (Å²) in [4.78, 5) is 25.1. The van der Waals surface area contributed by atoms with Crippen LogP contribution in [0, 0.1) is 0 Å². The summed E-state index contributed by atoms with van der Waals surface area (Å²) in [6.45, 7) is 2.46. The van der Waals surface area contributed by atoms with Crippen molar-refractivity contribution in [1.82, 2.24) is 19.6 Å². The predicted molar refractivity (Wildman–Crippen MR) is 101 cm³/mol. The third-order valence-corrected chi connectivity index (χ3v) is 4.16. The number of nitrogens with one attached hydrogen (secondary N) is 2. The first kappa shape index (κ1) is 17.9. The minimum Gasteiger partial charge on any atom is -0.321 e. The summed E-state index contributed by atoms with van der Waals surface area (Å²) < 4.78 is 3.68. The molecule has 1 aromatic carbocycles. The highest BCUT2D eigenvalue weighted by Gasteiger charge is 2.21. The van der Waals surface area contributed by atoms with E-state index in [1.54, 1.807) is 36.3 Å². The van der Waals surface area contributed by atoms with Gasteiger partial charge in [-0.15, -0.1) is 0 Å². The fraction of sp³-hybridized carbons (Fsp3) is 0.176. The average molecular weight is 417 g/mol. The van der Waals surface area contributed by atoms with Crippen molar-refractivity contribution in [3.63, 3.8) is 0 Å². The molecule has 0 fully saturated rings. The zero-order valence-corrected chi connectivity index (χ0v) is 15.8. The zero-order chi connectivity index (χ0) is 18.7. The largest absolute Gasteiger partial charge is 0.321 e. The number of hydrogen-bond acceptors (Lipinski definition) is 4. The third kappa shape index (κ3) is 3.83. The molecule has 0 spiro atoms. The molecule has 0 unspecified atom stereocenters. The Morgan fingerprint density at radius 3 is 2.35 bits per heavy atom. The van der Waals surface area contributed by atoms with Gasteiger partial charge in [0.05, 0.1) is 10.2 Å². The Labute approximate surface area is 158 Å². The second-order valence-corrected chi connectivity index (χ2v) is 6.37. The van der Waals surface area contributed by atoms with Crippen LogP contribution in [-0.2, 0) is 13.6 Å². The summed E-state index contributed by atoms with van der Waals surface area (Å²) in [5.41, 5.74) is 1.33. The molecule has 2 amide bonds. The number of para-hydroxylation sites is 1. The van der Waals surface area contributed by atoms with Crippen molar-refractivity contribution < 1.29 is 9.59 Å². The molecule has 8 nitrogen and oxygen atoms in total. The molecular weight excluding hydrogens is 400 g/mol. The van der Waals surface area contributed by atoms with Crippen LogP contribution in [0.1, 0.15) is 27.9 Å². The van der Waals surface area contributed by atoms with Gasteiger partial charge in [-0.2, -0.15) is 10.2 Å². The Kier molecular flexibility index (Phi) is 5.17. The molecule has 134 valence electrons. The highest BCUT2D eigenvalue weighted by molar-refractivity contribution is 9.10. The van der Waals surface area contributed by atoms with Crippen LogP contribution in [0.3, 0.4) is 0 Å². The molecule has 9 heteroatoms. The monoisotopic (exact) mass is 416 g/mol. The summed E-state index contributed by atoms with van der Waals surface area (Å²) in [6, 6.07) is 9.05. The van der Waals surface area contributed by atoms with E-state index in [0.717, 1.165) is 0 Å².